The standard InChI is InChI=1S/C18H19N5O6S.Na.H/c1-9-12(21-15(24)13(22-28-2)11-8-30-18(19)20-11)16(25)23(9)29-14(17(26)27)10-6-4-3-5-7-10;;/h3-9,12,14H,1-2H3,(H2,19,20)(H,21,24)(H,26,27);;/q;+1;-1/t9-,12-,14?;;/m0../s1. The number of nitrogens with two attached hydrogens (primary N) is 1. The number of carbonyl (C=O) groups is 3. The molecule has 0 saturated carbocycles. The Morgan fingerprint density at radius 3 is 2.58 bits per heavy atom. The number of anilines is 1. The predicted molar refractivity (Wildman–Crippen MR) is 107 cm³/mol. The summed E-state index contributed by atoms with van der Waals surface area (Å²) in [5.74, 6) is -2.53. The van der Waals surface area contributed by atoms with Gasteiger partial charge in [0.15, 0.2) is 10.8 Å². The van der Waals surface area contributed by atoms with E-state index in [4.69, 9.17) is 15.4 Å². The molecule has 2 amide bonds. The van der Waals surface area contributed by atoms with Gasteiger partial charge in [0.2, 0.25) is 6.10 Å². The van der Waals surface area contributed by atoms with Crippen LogP contribution in [0, 0.1) is 0 Å². The number of nitrogens with one attached hydrogen (secondary N) is 1. The van der Waals surface area contributed by atoms with Gasteiger partial charge in [-0.25, -0.2) is 14.8 Å². The van der Waals surface area contributed by atoms with Crippen molar-refractivity contribution in [3.8, 4) is 0 Å². The Morgan fingerprint density at radius 1 is 1.39 bits per heavy atom. The molecule has 0 radical (unpaired) electrons. The largest absolute Gasteiger partial charge is 1.00 e. The quantitative estimate of drug-likeness (QED) is 0.172. The second-order valence-electron chi connectivity index (χ2n) is 6.28. The summed E-state index contributed by atoms with van der Waals surface area (Å²) in [6.45, 7) is 1.62. The minimum absolute atomic E-state index is 0. The third kappa shape index (κ3) is 5.40. The van der Waals surface area contributed by atoms with Crippen molar-refractivity contribution in [3.05, 3.63) is 47.0 Å². The number of amides is 2. The number of nitrogen functional groups attached to an aromatic ring is 1. The van der Waals surface area contributed by atoms with Crippen molar-refractivity contribution in [1.82, 2.24) is 15.4 Å². The van der Waals surface area contributed by atoms with Gasteiger partial charge in [-0.3, -0.25) is 14.4 Å². The summed E-state index contributed by atoms with van der Waals surface area (Å²) < 4.78 is 0. The third-order valence-electron chi connectivity index (χ3n) is 4.33. The van der Waals surface area contributed by atoms with E-state index in [0.717, 1.165) is 16.4 Å². The van der Waals surface area contributed by atoms with Gasteiger partial charge in [-0.05, 0) is 12.5 Å². The van der Waals surface area contributed by atoms with Crippen molar-refractivity contribution in [2.45, 2.75) is 25.1 Å². The smallest absolute Gasteiger partial charge is 1.00 e. The molecule has 0 aliphatic carbocycles. The van der Waals surface area contributed by atoms with Crippen molar-refractivity contribution in [2.24, 2.45) is 5.16 Å². The maximum Gasteiger partial charge on any atom is 1.00 e. The van der Waals surface area contributed by atoms with Crippen molar-refractivity contribution in [2.75, 3.05) is 12.8 Å². The molecule has 1 unspecified atom stereocenters. The SMILES string of the molecule is CON=C(C(=O)N[C@@H]1C(=O)N(OC(C(=O)O)c2ccccc2)[C@H]1C)c1csc(N)n1.[H-].[Na+]. The zero-order chi connectivity index (χ0) is 21.8. The summed E-state index contributed by atoms with van der Waals surface area (Å²) in [5, 5.41) is 18.4. The van der Waals surface area contributed by atoms with Crippen molar-refractivity contribution < 1.29 is 60.1 Å². The van der Waals surface area contributed by atoms with E-state index in [-0.39, 0.29) is 47.5 Å². The molecule has 31 heavy (non-hydrogen) atoms. The van der Waals surface area contributed by atoms with Crippen LogP contribution in [0.5, 0.6) is 0 Å². The molecule has 160 valence electrons. The van der Waals surface area contributed by atoms with Crippen LogP contribution >= 0.6 is 11.3 Å². The number of aliphatic carboxylic acids is 1. The van der Waals surface area contributed by atoms with E-state index in [1.807, 2.05) is 0 Å². The van der Waals surface area contributed by atoms with Crippen LogP contribution in [0.1, 0.15) is 25.7 Å². The molecule has 1 aliphatic rings. The summed E-state index contributed by atoms with van der Waals surface area (Å²) in [5.41, 5.74) is 6.04. The topological polar surface area (TPSA) is 156 Å². The number of nitrogens with zero attached hydrogens (tertiary/aromatic N) is 3. The maximum absolute atomic E-state index is 12.6. The van der Waals surface area contributed by atoms with E-state index in [1.165, 1.54) is 12.5 Å². The van der Waals surface area contributed by atoms with Gasteiger partial charge >= 0.3 is 35.5 Å². The number of hydrogen-bond acceptors (Lipinski definition) is 9. The van der Waals surface area contributed by atoms with Gasteiger partial charge in [-0.2, -0.15) is 0 Å². The van der Waals surface area contributed by atoms with Gasteiger partial charge in [0, 0.05) is 5.38 Å². The fourth-order valence-corrected chi connectivity index (χ4v) is 3.37. The summed E-state index contributed by atoms with van der Waals surface area (Å²) >= 11 is 1.12. The molecule has 13 heteroatoms. The first-order valence-electron chi connectivity index (χ1n) is 8.74. The van der Waals surface area contributed by atoms with E-state index >= 15 is 0 Å². The molecule has 1 saturated heterocycles. The van der Waals surface area contributed by atoms with Crippen LogP contribution in [0.2, 0.25) is 0 Å². The molecule has 11 nitrogen and oxygen atoms in total. The molecule has 3 rings (SSSR count). The molecule has 2 heterocycles. The number of hydroxylamine groups is 2. The zero-order valence-electron chi connectivity index (χ0n) is 18.0. The van der Waals surface area contributed by atoms with Gasteiger partial charge < -0.3 is 22.4 Å². The number of rotatable bonds is 8. The molecule has 3 atom stereocenters. The summed E-state index contributed by atoms with van der Waals surface area (Å²) in [6.07, 6.45) is -1.36. The fourth-order valence-electron chi connectivity index (χ4n) is 2.82. The van der Waals surface area contributed by atoms with Crippen LogP contribution < -0.4 is 40.6 Å². The van der Waals surface area contributed by atoms with Crippen LogP contribution in [0.4, 0.5) is 5.13 Å². The Morgan fingerprint density at radius 2 is 2.06 bits per heavy atom. The maximum atomic E-state index is 12.6. The molecule has 1 aromatic carbocycles. The number of benzene rings is 1. The number of hydrogen-bond donors (Lipinski definition) is 3. The molecule has 1 aromatic heterocycles. The number of carboxylic acid groups (broad SMARTS) is 1. The summed E-state index contributed by atoms with van der Waals surface area (Å²) in [6, 6.07) is 6.69. The molecular weight excluding hydrogens is 437 g/mol. The van der Waals surface area contributed by atoms with E-state index in [2.05, 4.69) is 15.5 Å². The Kier molecular flexibility index (Phi) is 8.53. The van der Waals surface area contributed by atoms with Gasteiger partial charge in [-0.15, -0.1) is 11.3 Å². The molecule has 1 fully saturated rings. The number of β-lactam (4-membered cyclic amide) rings is 1. The number of carbonyl (C=O) groups excluding carboxylic acids is 2. The Balaban J connectivity index is 0.00000256. The molecule has 4 N–H and O–H groups in total. The Labute approximate surface area is 204 Å². The summed E-state index contributed by atoms with van der Waals surface area (Å²) in [4.78, 5) is 50.8. The van der Waals surface area contributed by atoms with Crippen molar-refractivity contribution in [3.63, 3.8) is 0 Å². The van der Waals surface area contributed by atoms with Crippen molar-refractivity contribution >= 4 is 40.0 Å². The van der Waals surface area contributed by atoms with E-state index in [0.29, 0.717) is 5.56 Å². The molecular formula is C18H20N5NaO6S. The monoisotopic (exact) mass is 457 g/mol. The van der Waals surface area contributed by atoms with Gasteiger partial charge in [0.1, 0.15) is 18.8 Å². The number of aromatic nitrogens is 1. The van der Waals surface area contributed by atoms with Crippen molar-refractivity contribution in [1.29, 1.82) is 0 Å². The summed E-state index contributed by atoms with van der Waals surface area (Å²) in [7, 11) is 1.27. The van der Waals surface area contributed by atoms with Crippen LogP contribution in [0.15, 0.2) is 40.9 Å². The van der Waals surface area contributed by atoms with E-state index in [1.54, 1.807) is 37.3 Å². The molecule has 1 aliphatic heterocycles. The first kappa shape index (κ1) is 24.8. The van der Waals surface area contributed by atoms with Crippen LogP contribution in [0.3, 0.4) is 0 Å². The average molecular weight is 457 g/mol. The van der Waals surface area contributed by atoms with Crippen LogP contribution in [0.25, 0.3) is 0 Å². The molecule has 0 bridgehead atoms. The molecule has 2 aromatic rings. The van der Waals surface area contributed by atoms with Gasteiger partial charge in [0.05, 0.1) is 6.04 Å². The number of oxime groups is 1. The van der Waals surface area contributed by atoms with E-state index < -0.39 is 36.0 Å². The second kappa shape index (κ2) is 10.7. The van der Waals surface area contributed by atoms with Gasteiger partial charge in [-0.1, -0.05) is 35.5 Å². The second-order valence-corrected chi connectivity index (χ2v) is 7.17. The van der Waals surface area contributed by atoms with E-state index in [9.17, 15) is 19.5 Å². The number of carboxylic acids is 1. The Hall–Kier alpha value is -2.51. The first-order chi connectivity index (χ1) is 14.3. The zero-order valence-corrected chi connectivity index (χ0v) is 19.8. The fraction of sp³-hybridized carbons (Fsp3) is 0.278. The number of thiazole rings is 1. The van der Waals surface area contributed by atoms with Gasteiger partial charge in [0.25, 0.3) is 11.8 Å². The Bertz CT molecular complexity index is 991. The minimum Gasteiger partial charge on any atom is -1.00 e. The molecule has 0 spiro atoms. The van der Waals surface area contributed by atoms with Crippen LogP contribution in [-0.2, 0) is 24.1 Å². The minimum atomic E-state index is -1.36. The first-order valence-corrected chi connectivity index (χ1v) is 9.62. The predicted octanol–water partition coefficient (Wildman–Crippen LogP) is -2.33. The normalized spacial score (nSPS) is 19.1. The van der Waals surface area contributed by atoms with Crippen LogP contribution in [-0.4, -0.2) is 57.8 Å². The third-order valence-corrected chi connectivity index (χ3v) is 5.00. The average Bonchev–Trinajstić information content (AvgIpc) is 3.16.